The van der Waals surface area contributed by atoms with Crippen molar-refractivity contribution in [1.82, 2.24) is 0 Å². The molecule has 3 aromatic carbocycles. The van der Waals surface area contributed by atoms with Gasteiger partial charge in [0, 0.05) is 17.8 Å². The van der Waals surface area contributed by atoms with Crippen molar-refractivity contribution < 1.29 is 12.6 Å². The Balaban J connectivity index is 1.80. The lowest BCUT2D eigenvalue weighted by Crippen LogP contribution is -2.12. The Bertz CT molecular complexity index is 969. The van der Waals surface area contributed by atoms with Gasteiger partial charge in [0.25, 0.3) is 0 Å². The smallest absolute Gasteiger partial charge is 0.339 e. The molecule has 0 unspecified atom stereocenters. The minimum absolute atomic E-state index is 0.138. The topological polar surface area (TPSA) is 55.4 Å². The Labute approximate surface area is 154 Å². The van der Waals surface area contributed by atoms with Gasteiger partial charge < -0.3 is 9.50 Å². The van der Waals surface area contributed by atoms with Crippen LogP contribution < -0.4 is 9.50 Å². The summed E-state index contributed by atoms with van der Waals surface area (Å²) >= 11 is 0. The van der Waals surface area contributed by atoms with Crippen LogP contribution in [0, 0.1) is 0 Å². The highest BCUT2D eigenvalue weighted by Gasteiger charge is 2.17. The van der Waals surface area contributed by atoms with Gasteiger partial charge in [-0.15, -0.1) is 0 Å². The summed E-state index contributed by atoms with van der Waals surface area (Å²) in [5.74, 6) is 0.331. The Kier molecular flexibility index (Phi) is 5.58. The molecule has 0 saturated heterocycles. The van der Waals surface area contributed by atoms with Crippen molar-refractivity contribution in [3.63, 3.8) is 0 Å². The van der Waals surface area contributed by atoms with E-state index in [9.17, 15) is 8.42 Å². The third-order valence-corrected chi connectivity index (χ3v) is 5.32. The lowest BCUT2D eigenvalue weighted by molar-refractivity contribution is 0.483. The van der Waals surface area contributed by atoms with Crippen LogP contribution >= 0.6 is 0 Å². The molecule has 3 aromatic rings. The molecule has 0 bridgehead atoms. The second kappa shape index (κ2) is 8.06. The molecule has 0 heterocycles. The zero-order valence-electron chi connectivity index (χ0n) is 14.6. The minimum atomic E-state index is -3.86. The van der Waals surface area contributed by atoms with Gasteiger partial charge in [-0.25, -0.2) is 0 Å². The number of hydrogen-bond donors (Lipinski definition) is 1. The highest BCUT2D eigenvalue weighted by atomic mass is 32.2. The summed E-state index contributed by atoms with van der Waals surface area (Å²) in [4.78, 5) is 0.138. The molecule has 0 fully saturated rings. The summed E-state index contributed by atoms with van der Waals surface area (Å²) in [6.45, 7) is 2.57. The van der Waals surface area contributed by atoms with Gasteiger partial charge in [0.15, 0.2) is 0 Å². The third-order valence-electron chi connectivity index (χ3n) is 4.07. The predicted octanol–water partition coefficient (Wildman–Crippen LogP) is 4.63. The van der Waals surface area contributed by atoms with Crippen LogP contribution in [-0.2, 0) is 23.1 Å². The first kappa shape index (κ1) is 18.0. The lowest BCUT2D eigenvalue weighted by atomic mass is 10.1. The van der Waals surface area contributed by atoms with Crippen molar-refractivity contribution in [1.29, 1.82) is 0 Å². The highest BCUT2D eigenvalue weighted by Crippen LogP contribution is 2.25. The summed E-state index contributed by atoms with van der Waals surface area (Å²) in [7, 11) is -3.86. The van der Waals surface area contributed by atoms with E-state index in [2.05, 4.69) is 18.3 Å². The Morgan fingerprint density at radius 3 is 2.15 bits per heavy atom. The molecule has 0 aliphatic carbocycles. The van der Waals surface area contributed by atoms with E-state index in [1.807, 2.05) is 30.3 Å². The highest BCUT2D eigenvalue weighted by molar-refractivity contribution is 7.87. The fourth-order valence-electron chi connectivity index (χ4n) is 2.68. The Morgan fingerprint density at radius 2 is 1.42 bits per heavy atom. The molecule has 0 aliphatic rings. The molecule has 0 saturated carbocycles. The average molecular weight is 367 g/mol. The van der Waals surface area contributed by atoms with Gasteiger partial charge >= 0.3 is 10.1 Å². The fourth-order valence-corrected chi connectivity index (χ4v) is 3.66. The molecule has 5 heteroatoms. The quantitative estimate of drug-likeness (QED) is 0.619. The monoisotopic (exact) mass is 367 g/mol. The van der Waals surface area contributed by atoms with Crippen molar-refractivity contribution in [3.05, 3.63) is 90.0 Å². The molecule has 0 aliphatic heterocycles. The van der Waals surface area contributed by atoms with Crippen LogP contribution in [0.3, 0.4) is 0 Å². The molecule has 0 amide bonds. The molecule has 26 heavy (non-hydrogen) atoms. The number of rotatable bonds is 7. The van der Waals surface area contributed by atoms with E-state index in [1.54, 1.807) is 30.3 Å². The predicted molar refractivity (Wildman–Crippen MR) is 104 cm³/mol. The standard InChI is InChI=1S/C21H21NO3S/c1-2-17-10-6-8-14-20(17)22-16-18-11-7-9-15-21(18)25-26(23,24)19-12-4-3-5-13-19/h3-15,22H,2,16H2,1H3. The largest absolute Gasteiger partial charge is 0.381 e. The van der Waals surface area contributed by atoms with Gasteiger partial charge in [-0.3, -0.25) is 0 Å². The van der Waals surface area contributed by atoms with E-state index in [0.717, 1.165) is 17.7 Å². The van der Waals surface area contributed by atoms with Crippen molar-refractivity contribution in [2.24, 2.45) is 0 Å². The van der Waals surface area contributed by atoms with Crippen molar-refractivity contribution >= 4 is 15.8 Å². The lowest BCUT2D eigenvalue weighted by Gasteiger charge is -2.14. The van der Waals surface area contributed by atoms with Gasteiger partial charge in [-0.1, -0.05) is 61.5 Å². The second-order valence-electron chi connectivity index (χ2n) is 5.82. The molecule has 4 nitrogen and oxygen atoms in total. The number of nitrogens with one attached hydrogen (secondary N) is 1. The third kappa shape index (κ3) is 4.24. The molecule has 3 rings (SSSR count). The van der Waals surface area contributed by atoms with E-state index in [0.29, 0.717) is 12.3 Å². The molecular weight excluding hydrogens is 346 g/mol. The van der Waals surface area contributed by atoms with Crippen LogP contribution in [0.4, 0.5) is 5.69 Å². The molecule has 1 N–H and O–H groups in total. The molecule has 0 aromatic heterocycles. The maximum atomic E-state index is 12.5. The van der Waals surface area contributed by atoms with E-state index < -0.39 is 10.1 Å². The zero-order valence-corrected chi connectivity index (χ0v) is 15.4. The first-order chi connectivity index (χ1) is 12.6. The summed E-state index contributed by atoms with van der Waals surface area (Å²) in [6, 6.07) is 23.4. The number of benzene rings is 3. The maximum absolute atomic E-state index is 12.5. The van der Waals surface area contributed by atoms with Crippen LogP contribution in [0.5, 0.6) is 5.75 Å². The van der Waals surface area contributed by atoms with Crippen LogP contribution in [0.2, 0.25) is 0 Å². The minimum Gasteiger partial charge on any atom is -0.381 e. The maximum Gasteiger partial charge on any atom is 0.339 e. The van der Waals surface area contributed by atoms with Crippen LogP contribution in [0.15, 0.2) is 83.8 Å². The number of para-hydroxylation sites is 2. The Morgan fingerprint density at radius 1 is 0.808 bits per heavy atom. The molecular formula is C21H21NO3S. The summed E-state index contributed by atoms with van der Waals surface area (Å²) in [5, 5.41) is 3.37. The van der Waals surface area contributed by atoms with Crippen molar-refractivity contribution in [3.8, 4) is 5.75 Å². The molecule has 0 atom stereocenters. The molecule has 134 valence electrons. The number of hydrogen-bond acceptors (Lipinski definition) is 4. The molecule has 0 spiro atoms. The fraction of sp³-hybridized carbons (Fsp3) is 0.143. The van der Waals surface area contributed by atoms with E-state index in [4.69, 9.17) is 4.18 Å². The van der Waals surface area contributed by atoms with E-state index in [-0.39, 0.29) is 4.90 Å². The van der Waals surface area contributed by atoms with Crippen LogP contribution in [0.1, 0.15) is 18.1 Å². The van der Waals surface area contributed by atoms with E-state index in [1.165, 1.54) is 17.7 Å². The van der Waals surface area contributed by atoms with Crippen molar-refractivity contribution in [2.75, 3.05) is 5.32 Å². The second-order valence-corrected chi connectivity index (χ2v) is 7.37. The molecule has 0 radical (unpaired) electrons. The first-order valence-corrected chi connectivity index (χ1v) is 9.90. The van der Waals surface area contributed by atoms with Crippen LogP contribution in [0.25, 0.3) is 0 Å². The summed E-state index contributed by atoms with van der Waals surface area (Å²) in [6.07, 6.45) is 0.920. The van der Waals surface area contributed by atoms with Crippen LogP contribution in [-0.4, -0.2) is 8.42 Å². The van der Waals surface area contributed by atoms with E-state index >= 15 is 0 Å². The van der Waals surface area contributed by atoms with Gasteiger partial charge in [0.05, 0.1) is 0 Å². The number of anilines is 1. The number of aryl methyl sites for hydroxylation is 1. The Hall–Kier alpha value is -2.79. The van der Waals surface area contributed by atoms with Gasteiger partial charge in [-0.05, 0) is 36.2 Å². The van der Waals surface area contributed by atoms with Gasteiger partial charge in [0.1, 0.15) is 10.6 Å². The van der Waals surface area contributed by atoms with Gasteiger partial charge in [-0.2, -0.15) is 8.42 Å². The zero-order chi connectivity index (χ0) is 18.4. The average Bonchev–Trinajstić information content (AvgIpc) is 2.68. The van der Waals surface area contributed by atoms with Gasteiger partial charge in [0.2, 0.25) is 0 Å². The first-order valence-electron chi connectivity index (χ1n) is 8.49. The summed E-state index contributed by atoms with van der Waals surface area (Å²) < 4.78 is 30.4. The summed E-state index contributed by atoms with van der Waals surface area (Å²) in [5.41, 5.74) is 3.02. The normalized spacial score (nSPS) is 11.1. The SMILES string of the molecule is CCc1ccccc1NCc1ccccc1OS(=O)(=O)c1ccccc1. The van der Waals surface area contributed by atoms with Crippen molar-refractivity contribution in [2.45, 2.75) is 24.8 Å².